The summed E-state index contributed by atoms with van der Waals surface area (Å²) in [6.07, 6.45) is 1.44. The summed E-state index contributed by atoms with van der Waals surface area (Å²) < 4.78 is 16.8. The topological polar surface area (TPSA) is 47.9 Å². The zero-order chi connectivity index (χ0) is 11.5. The van der Waals surface area contributed by atoms with E-state index in [9.17, 15) is 0 Å². The fourth-order valence-electron chi connectivity index (χ4n) is 1.71. The van der Waals surface area contributed by atoms with Gasteiger partial charge < -0.3 is 19.3 Å². The Kier molecular flexibility index (Phi) is 3.56. The molecule has 0 bridgehead atoms. The van der Waals surface area contributed by atoms with Crippen molar-refractivity contribution < 1.29 is 19.3 Å². The summed E-state index contributed by atoms with van der Waals surface area (Å²) in [6.45, 7) is 0.399. The van der Waals surface area contributed by atoms with E-state index in [-0.39, 0.29) is 13.4 Å². The van der Waals surface area contributed by atoms with Crippen LogP contribution in [0.4, 0.5) is 0 Å². The number of fused-ring (bicyclic) bond motifs is 1. The number of ether oxygens (including phenoxy) is 3. The second-order valence-corrected chi connectivity index (χ2v) is 4.24. The molecular weight excluding hydrogens is 276 g/mol. The maximum absolute atomic E-state index is 8.85. The molecule has 0 spiro atoms. The first-order chi connectivity index (χ1) is 7.77. The molecule has 0 fully saturated rings. The largest absolute Gasteiger partial charge is 0.495 e. The molecule has 2 rings (SSSR count). The van der Waals surface area contributed by atoms with Crippen LogP contribution in [0.15, 0.2) is 10.5 Å². The molecule has 0 unspecified atom stereocenters. The van der Waals surface area contributed by atoms with E-state index in [0.29, 0.717) is 12.2 Å². The van der Waals surface area contributed by atoms with Gasteiger partial charge in [0.1, 0.15) is 10.2 Å². The summed E-state index contributed by atoms with van der Waals surface area (Å²) in [5.41, 5.74) is 1.01. The Balaban J connectivity index is 2.39. The van der Waals surface area contributed by atoms with Crippen molar-refractivity contribution in [2.45, 2.75) is 12.8 Å². The summed E-state index contributed by atoms with van der Waals surface area (Å²) in [6, 6.07) is 1.90. The Labute approximate surface area is 102 Å². The van der Waals surface area contributed by atoms with Gasteiger partial charge in [0.25, 0.3) is 0 Å². The second-order valence-electron chi connectivity index (χ2n) is 3.44. The van der Waals surface area contributed by atoms with Crippen molar-refractivity contribution in [3.63, 3.8) is 0 Å². The number of hydrogen-bond acceptors (Lipinski definition) is 4. The summed E-state index contributed by atoms with van der Waals surface area (Å²) in [4.78, 5) is 0. The van der Waals surface area contributed by atoms with Gasteiger partial charge in [-0.2, -0.15) is 0 Å². The third-order valence-corrected chi connectivity index (χ3v) is 3.17. The van der Waals surface area contributed by atoms with Gasteiger partial charge >= 0.3 is 0 Å². The van der Waals surface area contributed by atoms with Crippen molar-refractivity contribution >= 4 is 15.9 Å². The van der Waals surface area contributed by atoms with E-state index in [1.807, 2.05) is 6.07 Å². The first kappa shape index (κ1) is 11.5. The van der Waals surface area contributed by atoms with E-state index >= 15 is 0 Å². The molecule has 0 atom stereocenters. The molecule has 0 aromatic heterocycles. The maximum atomic E-state index is 8.85. The second kappa shape index (κ2) is 4.93. The van der Waals surface area contributed by atoms with Crippen molar-refractivity contribution in [1.82, 2.24) is 0 Å². The molecular formula is C11H13BrO4. The molecule has 0 saturated carbocycles. The summed E-state index contributed by atoms with van der Waals surface area (Å²) in [5, 5.41) is 8.85. The lowest BCUT2D eigenvalue weighted by Crippen LogP contribution is -1.96. The Hall–Kier alpha value is -0.940. The number of benzene rings is 1. The molecule has 4 nitrogen and oxygen atoms in total. The molecule has 88 valence electrons. The fraction of sp³-hybridized carbons (Fsp3) is 0.455. The molecule has 0 radical (unpaired) electrons. The summed E-state index contributed by atoms with van der Waals surface area (Å²) in [5.74, 6) is 2.16. The van der Waals surface area contributed by atoms with Crippen LogP contribution in [-0.4, -0.2) is 25.6 Å². The van der Waals surface area contributed by atoms with E-state index in [4.69, 9.17) is 19.3 Å². The Morgan fingerprint density at radius 1 is 1.50 bits per heavy atom. The highest BCUT2D eigenvalue weighted by molar-refractivity contribution is 9.10. The minimum atomic E-state index is 0.162. The molecule has 0 aliphatic carbocycles. The molecule has 1 N–H and O–H groups in total. The summed E-state index contributed by atoms with van der Waals surface area (Å²) >= 11 is 3.44. The predicted octanol–water partition coefficient (Wildman–Crippen LogP) is 2.11. The monoisotopic (exact) mass is 288 g/mol. The molecule has 0 amide bonds. The van der Waals surface area contributed by atoms with Gasteiger partial charge in [-0.25, -0.2) is 0 Å². The van der Waals surface area contributed by atoms with Crippen LogP contribution < -0.4 is 14.2 Å². The van der Waals surface area contributed by atoms with Crippen LogP contribution in [0.1, 0.15) is 12.0 Å². The van der Waals surface area contributed by atoms with E-state index in [2.05, 4.69) is 15.9 Å². The lowest BCUT2D eigenvalue weighted by Gasteiger charge is -2.12. The lowest BCUT2D eigenvalue weighted by atomic mass is 10.1. The first-order valence-corrected chi connectivity index (χ1v) is 5.83. The predicted molar refractivity (Wildman–Crippen MR) is 62.2 cm³/mol. The van der Waals surface area contributed by atoms with Gasteiger partial charge in [-0.1, -0.05) is 0 Å². The smallest absolute Gasteiger partial charge is 0.231 e. The molecule has 1 aromatic rings. The quantitative estimate of drug-likeness (QED) is 0.922. The normalized spacial score (nSPS) is 12.9. The van der Waals surface area contributed by atoms with Crippen LogP contribution in [0, 0.1) is 0 Å². The van der Waals surface area contributed by atoms with Crippen molar-refractivity contribution in [2.24, 2.45) is 0 Å². The number of aliphatic hydroxyl groups excluding tert-OH is 1. The van der Waals surface area contributed by atoms with Crippen LogP contribution in [-0.2, 0) is 6.42 Å². The van der Waals surface area contributed by atoms with Crippen LogP contribution in [0.5, 0.6) is 17.2 Å². The molecule has 1 aromatic carbocycles. The van der Waals surface area contributed by atoms with Crippen LogP contribution in [0.3, 0.4) is 0 Å². The van der Waals surface area contributed by atoms with Crippen LogP contribution >= 0.6 is 15.9 Å². The highest BCUT2D eigenvalue weighted by Crippen LogP contribution is 2.46. The van der Waals surface area contributed by atoms with Gasteiger partial charge in [-0.15, -0.1) is 0 Å². The van der Waals surface area contributed by atoms with Gasteiger partial charge in [0, 0.05) is 6.61 Å². The zero-order valence-corrected chi connectivity index (χ0v) is 10.5. The van der Waals surface area contributed by atoms with E-state index in [0.717, 1.165) is 28.0 Å². The minimum Gasteiger partial charge on any atom is -0.495 e. The number of halogens is 1. The third kappa shape index (κ3) is 1.97. The molecule has 5 heteroatoms. The molecule has 1 aliphatic rings. The van der Waals surface area contributed by atoms with Crippen molar-refractivity contribution in [2.75, 3.05) is 20.5 Å². The fourth-order valence-corrected chi connectivity index (χ4v) is 2.44. The molecule has 0 saturated heterocycles. The average Bonchev–Trinajstić information content (AvgIpc) is 2.75. The highest BCUT2D eigenvalue weighted by atomic mass is 79.9. The van der Waals surface area contributed by atoms with Crippen molar-refractivity contribution in [3.8, 4) is 17.2 Å². The van der Waals surface area contributed by atoms with E-state index in [1.165, 1.54) is 0 Å². The maximum Gasteiger partial charge on any atom is 0.231 e. The van der Waals surface area contributed by atoms with Crippen molar-refractivity contribution in [1.29, 1.82) is 0 Å². The Morgan fingerprint density at radius 3 is 3.00 bits per heavy atom. The van der Waals surface area contributed by atoms with E-state index < -0.39 is 0 Å². The van der Waals surface area contributed by atoms with Crippen LogP contribution in [0.2, 0.25) is 0 Å². The third-order valence-electron chi connectivity index (χ3n) is 2.45. The Morgan fingerprint density at radius 2 is 2.31 bits per heavy atom. The zero-order valence-electron chi connectivity index (χ0n) is 8.96. The number of aliphatic hydroxyl groups is 1. The van der Waals surface area contributed by atoms with Crippen LogP contribution in [0.25, 0.3) is 0 Å². The number of methoxy groups -OCH3 is 1. The minimum absolute atomic E-state index is 0.162. The number of hydrogen-bond donors (Lipinski definition) is 1. The number of rotatable bonds is 4. The van der Waals surface area contributed by atoms with Gasteiger partial charge in [0.2, 0.25) is 6.79 Å². The number of aryl methyl sites for hydroxylation is 1. The summed E-state index contributed by atoms with van der Waals surface area (Å²) in [7, 11) is 1.62. The van der Waals surface area contributed by atoms with E-state index in [1.54, 1.807) is 7.11 Å². The molecule has 1 aliphatic heterocycles. The van der Waals surface area contributed by atoms with Gasteiger partial charge in [-0.3, -0.25) is 0 Å². The van der Waals surface area contributed by atoms with Gasteiger partial charge in [-0.05, 0) is 40.4 Å². The SMILES string of the molecule is COc1c(CCCO)cc2c(c1Br)OCO2. The average molecular weight is 289 g/mol. The first-order valence-electron chi connectivity index (χ1n) is 5.03. The van der Waals surface area contributed by atoms with Crippen molar-refractivity contribution in [3.05, 3.63) is 16.1 Å². The lowest BCUT2D eigenvalue weighted by molar-refractivity contribution is 0.173. The Bertz CT molecular complexity index is 392. The molecule has 1 heterocycles. The van der Waals surface area contributed by atoms with Gasteiger partial charge in [0.15, 0.2) is 11.5 Å². The standard InChI is InChI=1S/C11H13BrO4/c1-14-10-7(3-2-4-13)5-8-11(9(10)12)16-6-15-8/h5,13H,2-4,6H2,1H3. The highest BCUT2D eigenvalue weighted by Gasteiger charge is 2.23. The molecule has 16 heavy (non-hydrogen) atoms. The van der Waals surface area contributed by atoms with Gasteiger partial charge in [0.05, 0.1) is 7.11 Å².